The average Bonchev–Trinajstić information content (AvgIpc) is 2.62. The van der Waals surface area contributed by atoms with Crippen molar-refractivity contribution in [3.05, 3.63) is 29.8 Å². The van der Waals surface area contributed by atoms with Crippen molar-refractivity contribution in [3.63, 3.8) is 0 Å². The van der Waals surface area contributed by atoms with Crippen LogP contribution in [0.3, 0.4) is 0 Å². The summed E-state index contributed by atoms with van der Waals surface area (Å²) in [6, 6.07) is 7.40. The molecule has 0 amide bonds. The number of ether oxygens (including phenoxy) is 1. The van der Waals surface area contributed by atoms with E-state index in [0.717, 1.165) is 43.8 Å². The van der Waals surface area contributed by atoms with Gasteiger partial charge in [-0.15, -0.1) is 24.0 Å². The number of benzene rings is 1. The Bertz CT molecular complexity index is 570. The second-order valence-electron chi connectivity index (χ2n) is 6.31. The van der Waals surface area contributed by atoms with Crippen LogP contribution in [0.1, 0.15) is 45.1 Å². The van der Waals surface area contributed by atoms with Gasteiger partial charge in [0.2, 0.25) is 0 Å². The van der Waals surface area contributed by atoms with Crippen LogP contribution >= 0.6 is 24.0 Å². The number of carbonyl (C=O) groups is 1. The van der Waals surface area contributed by atoms with Crippen LogP contribution in [0.4, 0.5) is 0 Å². The van der Waals surface area contributed by atoms with Crippen LogP contribution in [0.2, 0.25) is 0 Å². The summed E-state index contributed by atoms with van der Waals surface area (Å²) in [6.45, 7) is 5.67. The van der Waals surface area contributed by atoms with E-state index in [4.69, 9.17) is 4.74 Å². The molecule has 0 spiro atoms. The summed E-state index contributed by atoms with van der Waals surface area (Å²) >= 11 is 0. The van der Waals surface area contributed by atoms with Crippen LogP contribution in [0.5, 0.6) is 5.75 Å². The van der Waals surface area contributed by atoms with Gasteiger partial charge in [0.1, 0.15) is 5.75 Å². The lowest BCUT2D eigenvalue weighted by atomic mass is 9.86. The number of esters is 1. The molecule has 1 saturated carbocycles. The quantitative estimate of drug-likeness (QED) is 0.255. The Morgan fingerprint density at radius 1 is 1.19 bits per heavy atom. The molecule has 7 heteroatoms. The van der Waals surface area contributed by atoms with Gasteiger partial charge in [0, 0.05) is 12.6 Å². The lowest BCUT2D eigenvalue weighted by molar-refractivity contribution is -0.149. The summed E-state index contributed by atoms with van der Waals surface area (Å²) in [5, 5.41) is 16.1. The van der Waals surface area contributed by atoms with Gasteiger partial charge in [-0.25, -0.2) is 4.99 Å². The summed E-state index contributed by atoms with van der Waals surface area (Å²) < 4.78 is 5.12. The SMILES string of the molecule is CCNC(=NCc1ccc(O)cc1)NC1CCC(C(=O)OCC)CC1.I. The van der Waals surface area contributed by atoms with Crippen molar-refractivity contribution in [1.29, 1.82) is 0 Å². The topological polar surface area (TPSA) is 83.0 Å². The van der Waals surface area contributed by atoms with Crippen LogP contribution in [-0.2, 0) is 16.1 Å². The molecule has 0 atom stereocenters. The van der Waals surface area contributed by atoms with E-state index < -0.39 is 0 Å². The van der Waals surface area contributed by atoms with Crippen molar-refractivity contribution < 1.29 is 14.6 Å². The van der Waals surface area contributed by atoms with Crippen LogP contribution < -0.4 is 10.6 Å². The molecule has 1 aliphatic rings. The Labute approximate surface area is 172 Å². The molecule has 0 heterocycles. The zero-order chi connectivity index (χ0) is 18.1. The number of halogens is 1. The van der Waals surface area contributed by atoms with Crippen molar-refractivity contribution in [2.45, 2.75) is 52.1 Å². The first-order valence-corrected chi connectivity index (χ1v) is 9.11. The lowest BCUT2D eigenvalue weighted by Gasteiger charge is -2.29. The molecule has 6 nitrogen and oxygen atoms in total. The minimum absolute atomic E-state index is 0. The monoisotopic (exact) mass is 475 g/mol. The third kappa shape index (κ3) is 7.39. The Kier molecular flexibility index (Phi) is 10.4. The first-order chi connectivity index (χ1) is 12.1. The van der Waals surface area contributed by atoms with Gasteiger partial charge in [-0.1, -0.05) is 12.1 Å². The molecular formula is C19H30IN3O3. The average molecular weight is 475 g/mol. The van der Waals surface area contributed by atoms with Crippen molar-refractivity contribution in [2.75, 3.05) is 13.2 Å². The number of nitrogens with zero attached hydrogens (tertiary/aromatic N) is 1. The Hall–Kier alpha value is -1.51. The second kappa shape index (κ2) is 12.0. The summed E-state index contributed by atoms with van der Waals surface area (Å²) in [7, 11) is 0. The molecule has 0 unspecified atom stereocenters. The number of nitrogens with one attached hydrogen (secondary N) is 2. The maximum absolute atomic E-state index is 11.8. The number of hydrogen-bond donors (Lipinski definition) is 3. The zero-order valence-electron chi connectivity index (χ0n) is 15.5. The standard InChI is InChI=1S/C19H29N3O3.HI/c1-3-20-19(21-13-14-5-11-17(23)12-6-14)22-16-9-7-15(8-10-16)18(24)25-4-2;/h5-6,11-12,15-16,23H,3-4,7-10,13H2,1-2H3,(H2,20,21,22);1H. The van der Waals surface area contributed by atoms with E-state index >= 15 is 0 Å². The number of aromatic hydroxyl groups is 1. The lowest BCUT2D eigenvalue weighted by Crippen LogP contribution is -2.45. The van der Waals surface area contributed by atoms with E-state index in [9.17, 15) is 9.90 Å². The summed E-state index contributed by atoms with van der Waals surface area (Å²) in [6.07, 6.45) is 3.59. The van der Waals surface area contributed by atoms with Crippen molar-refractivity contribution in [2.24, 2.45) is 10.9 Å². The number of phenols is 1. The summed E-state index contributed by atoms with van der Waals surface area (Å²) in [4.78, 5) is 16.4. The fraction of sp³-hybridized carbons (Fsp3) is 0.579. The molecule has 0 aromatic heterocycles. The molecular weight excluding hydrogens is 445 g/mol. The molecule has 0 aliphatic heterocycles. The predicted molar refractivity (Wildman–Crippen MR) is 114 cm³/mol. The largest absolute Gasteiger partial charge is 0.508 e. The van der Waals surface area contributed by atoms with Gasteiger partial charge in [-0.2, -0.15) is 0 Å². The number of rotatable bonds is 6. The summed E-state index contributed by atoms with van der Waals surface area (Å²) in [5.74, 6) is 1.02. The zero-order valence-corrected chi connectivity index (χ0v) is 17.9. The van der Waals surface area contributed by atoms with Crippen LogP contribution in [0.15, 0.2) is 29.3 Å². The molecule has 3 N–H and O–H groups in total. The highest BCUT2D eigenvalue weighted by Crippen LogP contribution is 2.25. The van der Waals surface area contributed by atoms with Gasteiger partial charge in [0.05, 0.1) is 19.1 Å². The highest BCUT2D eigenvalue weighted by Gasteiger charge is 2.27. The van der Waals surface area contributed by atoms with E-state index in [1.165, 1.54) is 0 Å². The Morgan fingerprint density at radius 3 is 2.42 bits per heavy atom. The first kappa shape index (κ1) is 22.5. The van der Waals surface area contributed by atoms with E-state index in [0.29, 0.717) is 19.2 Å². The van der Waals surface area contributed by atoms with Crippen molar-refractivity contribution in [3.8, 4) is 5.75 Å². The molecule has 1 aromatic carbocycles. The minimum Gasteiger partial charge on any atom is -0.508 e. The van der Waals surface area contributed by atoms with E-state index in [1.54, 1.807) is 12.1 Å². The van der Waals surface area contributed by atoms with E-state index in [-0.39, 0.29) is 41.6 Å². The fourth-order valence-electron chi connectivity index (χ4n) is 3.02. The van der Waals surface area contributed by atoms with E-state index in [1.807, 2.05) is 26.0 Å². The molecule has 1 aromatic rings. The first-order valence-electron chi connectivity index (χ1n) is 9.11. The van der Waals surface area contributed by atoms with Gasteiger partial charge in [-0.05, 0) is 57.2 Å². The van der Waals surface area contributed by atoms with Crippen molar-refractivity contribution in [1.82, 2.24) is 10.6 Å². The van der Waals surface area contributed by atoms with Gasteiger partial charge in [0.15, 0.2) is 5.96 Å². The third-order valence-corrected chi connectivity index (χ3v) is 4.39. The van der Waals surface area contributed by atoms with Gasteiger partial charge in [0.25, 0.3) is 0 Å². The molecule has 2 rings (SSSR count). The molecule has 146 valence electrons. The molecule has 26 heavy (non-hydrogen) atoms. The second-order valence-corrected chi connectivity index (χ2v) is 6.31. The van der Waals surface area contributed by atoms with Crippen LogP contribution in [0.25, 0.3) is 0 Å². The smallest absolute Gasteiger partial charge is 0.308 e. The summed E-state index contributed by atoms with van der Waals surface area (Å²) in [5.41, 5.74) is 1.04. The third-order valence-electron chi connectivity index (χ3n) is 4.39. The van der Waals surface area contributed by atoms with Crippen LogP contribution in [-0.4, -0.2) is 36.2 Å². The maximum Gasteiger partial charge on any atom is 0.308 e. The van der Waals surface area contributed by atoms with Gasteiger partial charge < -0.3 is 20.5 Å². The predicted octanol–water partition coefficient (Wildman–Crippen LogP) is 3.19. The van der Waals surface area contributed by atoms with Gasteiger partial charge in [-0.3, -0.25) is 4.79 Å². The Balaban J connectivity index is 0.00000338. The number of carbonyl (C=O) groups excluding carboxylic acids is 1. The number of hydrogen-bond acceptors (Lipinski definition) is 4. The molecule has 0 radical (unpaired) electrons. The number of phenolic OH excluding ortho intramolecular Hbond substituents is 1. The molecule has 0 saturated heterocycles. The highest BCUT2D eigenvalue weighted by molar-refractivity contribution is 14.0. The van der Waals surface area contributed by atoms with E-state index in [2.05, 4.69) is 15.6 Å². The fourth-order valence-corrected chi connectivity index (χ4v) is 3.02. The highest BCUT2D eigenvalue weighted by atomic mass is 127. The minimum atomic E-state index is -0.0612. The normalized spacial score (nSPS) is 20.0. The molecule has 1 fully saturated rings. The maximum atomic E-state index is 11.8. The van der Waals surface area contributed by atoms with Crippen LogP contribution in [0, 0.1) is 5.92 Å². The number of aliphatic imine (C=N–C) groups is 1. The molecule has 0 bridgehead atoms. The van der Waals surface area contributed by atoms with Crippen molar-refractivity contribution >= 4 is 35.9 Å². The Morgan fingerprint density at radius 2 is 1.85 bits per heavy atom. The number of guanidine groups is 1. The van der Waals surface area contributed by atoms with Gasteiger partial charge >= 0.3 is 5.97 Å². The molecule has 1 aliphatic carbocycles.